The Morgan fingerprint density at radius 1 is 1.22 bits per heavy atom. The first-order valence-electron chi connectivity index (χ1n) is 8.04. The van der Waals surface area contributed by atoms with E-state index in [4.69, 9.17) is 20.8 Å². The maximum absolute atomic E-state index is 12.1. The molecule has 3 rings (SSSR count). The molecule has 0 aliphatic heterocycles. The van der Waals surface area contributed by atoms with E-state index in [0.717, 1.165) is 11.1 Å². The summed E-state index contributed by atoms with van der Waals surface area (Å²) in [6.07, 6.45) is 1.40. The maximum Gasteiger partial charge on any atom is 0.271 e. The lowest BCUT2D eigenvalue weighted by Gasteiger charge is -2.05. The number of benzene rings is 2. The van der Waals surface area contributed by atoms with E-state index in [-0.39, 0.29) is 11.5 Å². The largest absolute Gasteiger partial charge is 0.504 e. The number of methoxy groups -OCH3 is 1. The third-order valence-corrected chi connectivity index (χ3v) is 4.29. The van der Waals surface area contributed by atoms with Crippen molar-refractivity contribution in [2.24, 2.45) is 5.10 Å². The minimum atomic E-state index is -0.443. The average Bonchev–Trinajstić information content (AvgIpc) is 3.13. The molecule has 2 N–H and O–H groups in total. The van der Waals surface area contributed by atoms with Gasteiger partial charge in [-0.2, -0.15) is 5.10 Å². The van der Waals surface area contributed by atoms with Crippen LogP contribution in [0.15, 0.2) is 58.0 Å². The van der Waals surface area contributed by atoms with Gasteiger partial charge >= 0.3 is 0 Å². The third-order valence-electron chi connectivity index (χ3n) is 3.88. The number of rotatable bonds is 5. The maximum atomic E-state index is 12.1. The van der Waals surface area contributed by atoms with Crippen LogP contribution < -0.4 is 10.2 Å². The molecule has 0 atom stereocenters. The van der Waals surface area contributed by atoms with Gasteiger partial charge < -0.3 is 14.3 Å². The number of halogens is 1. The molecule has 0 radical (unpaired) electrons. The van der Waals surface area contributed by atoms with Crippen molar-refractivity contribution in [2.75, 3.05) is 7.11 Å². The van der Waals surface area contributed by atoms with Gasteiger partial charge in [0, 0.05) is 16.1 Å². The Morgan fingerprint density at radius 3 is 2.78 bits per heavy atom. The Hall–Kier alpha value is -3.25. The second-order valence-corrected chi connectivity index (χ2v) is 6.16. The van der Waals surface area contributed by atoms with Crippen LogP contribution in [0.1, 0.15) is 21.7 Å². The average molecular weight is 385 g/mol. The van der Waals surface area contributed by atoms with Crippen molar-refractivity contribution < 1.29 is 19.1 Å². The number of nitrogens with zero attached hydrogens (tertiary/aromatic N) is 1. The normalized spacial score (nSPS) is 10.9. The fraction of sp³-hybridized carbons (Fsp3) is 0.100. The number of aromatic hydroxyl groups is 1. The molecule has 0 saturated carbocycles. The van der Waals surface area contributed by atoms with Crippen LogP contribution in [0.2, 0.25) is 5.02 Å². The fourth-order valence-corrected chi connectivity index (χ4v) is 2.54. The summed E-state index contributed by atoms with van der Waals surface area (Å²) in [5.74, 6) is 0.843. The van der Waals surface area contributed by atoms with Crippen LogP contribution in [-0.4, -0.2) is 24.3 Å². The monoisotopic (exact) mass is 384 g/mol. The lowest BCUT2D eigenvalue weighted by molar-refractivity contribution is 0.0954. The van der Waals surface area contributed by atoms with Gasteiger partial charge in [0.25, 0.3) is 5.91 Å². The lowest BCUT2D eigenvalue weighted by Crippen LogP contribution is -2.17. The number of aryl methyl sites for hydroxylation is 1. The predicted molar refractivity (Wildman–Crippen MR) is 104 cm³/mol. The van der Waals surface area contributed by atoms with E-state index in [1.807, 2.05) is 25.1 Å². The number of phenols is 1. The molecule has 0 aliphatic carbocycles. The number of carbonyl (C=O) groups is 1. The van der Waals surface area contributed by atoms with Crippen molar-refractivity contribution in [1.82, 2.24) is 5.43 Å². The molecule has 0 bridgehead atoms. The van der Waals surface area contributed by atoms with E-state index < -0.39 is 5.91 Å². The number of nitrogens with one attached hydrogen (secondary N) is 1. The molecule has 2 aromatic carbocycles. The van der Waals surface area contributed by atoms with Crippen molar-refractivity contribution in [3.05, 3.63) is 70.4 Å². The predicted octanol–water partition coefficient (Wildman–Crippen LogP) is 4.39. The minimum absolute atomic E-state index is 0.0446. The standard InChI is InChI=1S/C20H17ClN2O4/c1-12-3-4-13(9-16(12)21)18-8-6-15(27-18)11-22-23-20(25)14-5-7-17(24)19(10-14)26-2/h3-11,24H,1-2H3,(H,23,25)/b22-11+. The molecule has 1 amide bonds. The molecular weight excluding hydrogens is 368 g/mol. The summed E-state index contributed by atoms with van der Waals surface area (Å²) >= 11 is 6.14. The summed E-state index contributed by atoms with van der Waals surface area (Å²) in [5.41, 5.74) is 4.54. The highest BCUT2D eigenvalue weighted by atomic mass is 35.5. The number of furan rings is 1. The zero-order valence-corrected chi connectivity index (χ0v) is 15.4. The molecule has 138 valence electrons. The van der Waals surface area contributed by atoms with E-state index in [0.29, 0.717) is 22.1 Å². The highest BCUT2D eigenvalue weighted by Crippen LogP contribution is 2.27. The van der Waals surface area contributed by atoms with Gasteiger partial charge in [-0.25, -0.2) is 5.43 Å². The first kappa shape index (κ1) is 18.5. The second kappa shape index (κ2) is 7.97. The minimum Gasteiger partial charge on any atom is -0.504 e. The molecule has 27 heavy (non-hydrogen) atoms. The van der Waals surface area contributed by atoms with Crippen molar-refractivity contribution >= 4 is 23.7 Å². The van der Waals surface area contributed by atoms with E-state index in [9.17, 15) is 9.90 Å². The number of phenolic OH excluding ortho intramolecular Hbond substituents is 1. The van der Waals surface area contributed by atoms with E-state index in [2.05, 4.69) is 10.5 Å². The fourth-order valence-electron chi connectivity index (χ4n) is 2.36. The topological polar surface area (TPSA) is 84.1 Å². The van der Waals surface area contributed by atoms with Crippen molar-refractivity contribution in [2.45, 2.75) is 6.92 Å². The van der Waals surface area contributed by atoms with Crippen LogP contribution in [0.4, 0.5) is 0 Å². The zero-order valence-electron chi connectivity index (χ0n) is 14.7. The van der Waals surface area contributed by atoms with Gasteiger partial charge in [0.1, 0.15) is 11.5 Å². The summed E-state index contributed by atoms with van der Waals surface area (Å²) in [7, 11) is 1.41. The molecule has 7 heteroatoms. The van der Waals surface area contributed by atoms with Gasteiger partial charge in [0.05, 0.1) is 13.3 Å². The number of hydrazone groups is 1. The quantitative estimate of drug-likeness (QED) is 0.505. The molecule has 0 fully saturated rings. The molecule has 1 aromatic heterocycles. The number of amides is 1. The van der Waals surface area contributed by atoms with Crippen molar-refractivity contribution in [3.8, 4) is 22.8 Å². The highest BCUT2D eigenvalue weighted by molar-refractivity contribution is 6.31. The first-order valence-corrected chi connectivity index (χ1v) is 8.42. The summed E-state index contributed by atoms with van der Waals surface area (Å²) in [4.78, 5) is 12.1. The van der Waals surface area contributed by atoms with Crippen LogP contribution in [0.25, 0.3) is 11.3 Å². The van der Waals surface area contributed by atoms with Gasteiger partial charge in [-0.3, -0.25) is 4.79 Å². The molecule has 3 aromatic rings. The SMILES string of the molecule is COc1cc(C(=O)N/N=C/c2ccc(-c3ccc(C)c(Cl)c3)o2)ccc1O. The van der Waals surface area contributed by atoms with Crippen LogP contribution in [-0.2, 0) is 0 Å². The molecule has 6 nitrogen and oxygen atoms in total. The Morgan fingerprint density at radius 2 is 2.04 bits per heavy atom. The van der Waals surface area contributed by atoms with Gasteiger partial charge in [0.2, 0.25) is 0 Å². The van der Waals surface area contributed by atoms with Crippen molar-refractivity contribution in [1.29, 1.82) is 0 Å². The van der Waals surface area contributed by atoms with E-state index in [1.165, 1.54) is 31.5 Å². The first-order chi connectivity index (χ1) is 13.0. The zero-order chi connectivity index (χ0) is 19.4. The van der Waals surface area contributed by atoms with Crippen LogP contribution in [0.3, 0.4) is 0 Å². The lowest BCUT2D eigenvalue weighted by atomic mass is 10.1. The molecule has 0 saturated heterocycles. The van der Waals surface area contributed by atoms with Gasteiger partial charge in [-0.05, 0) is 48.9 Å². The summed E-state index contributed by atoms with van der Waals surface area (Å²) in [6, 6.07) is 13.5. The Labute approximate surface area is 161 Å². The number of carbonyl (C=O) groups excluding carboxylic acids is 1. The van der Waals surface area contributed by atoms with Crippen LogP contribution >= 0.6 is 11.6 Å². The highest BCUT2D eigenvalue weighted by Gasteiger charge is 2.09. The second-order valence-electron chi connectivity index (χ2n) is 5.75. The Bertz CT molecular complexity index is 1010. The summed E-state index contributed by atoms with van der Waals surface area (Å²) in [5, 5.41) is 14.1. The molecule has 0 spiro atoms. The van der Waals surface area contributed by atoms with Gasteiger partial charge in [-0.1, -0.05) is 23.7 Å². The molecular formula is C20H17ClN2O4. The van der Waals surface area contributed by atoms with E-state index >= 15 is 0 Å². The Kier molecular flexibility index (Phi) is 5.47. The van der Waals surface area contributed by atoms with Gasteiger partial charge in [0.15, 0.2) is 11.5 Å². The summed E-state index contributed by atoms with van der Waals surface area (Å²) in [6.45, 7) is 1.93. The van der Waals surface area contributed by atoms with Crippen LogP contribution in [0, 0.1) is 6.92 Å². The third kappa shape index (κ3) is 4.30. The van der Waals surface area contributed by atoms with Gasteiger partial charge in [-0.15, -0.1) is 0 Å². The molecule has 0 aliphatic rings. The van der Waals surface area contributed by atoms with Crippen LogP contribution in [0.5, 0.6) is 11.5 Å². The molecule has 0 unspecified atom stereocenters. The van der Waals surface area contributed by atoms with E-state index in [1.54, 1.807) is 12.1 Å². The van der Waals surface area contributed by atoms with Crippen molar-refractivity contribution in [3.63, 3.8) is 0 Å². The number of hydrogen-bond acceptors (Lipinski definition) is 5. The number of hydrogen-bond donors (Lipinski definition) is 2. The number of ether oxygens (including phenoxy) is 1. The smallest absolute Gasteiger partial charge is 0.271 e. The summed E-state index contributed by atoms with van der Waals surface area (Å²) < 4.78 is 10.7. The Balaban J connectivity index is 1.67. The molecule has 1 heterocycles.